The van der Waals surface area contributed by atoms with Crippen LogP contribution in [0.1, 0.15) is 22.3 Å². The summed E-state index contributed by atoms with van der Waals surface area (Å²) in [4.78, 5) is 5.32. The number of hydrogen-bond donors (Lipinski definition) is 0. The van der Waals surface area contributed by atoms with E-state index in [0.29, 0.717) is 0 Å². The Morgan fingerprint density at radius 3 is 1.38 bits per heavy atom. The van der Waals surface area contributed by atoms with Crippen molar-refractivity contribution < 1.29 is 0 Å². The summed E-state index contributed by atoms with van der Waals surface area (Å²) < 4.78 is 0. The third-order valence-corrected chi connectivity index (χ3v) is 13.8. The zero-order valence-electron chi connectivity index (χ0n) is 28.8. The maximum atomic E-state index is 2.52. The maximum Gasteiger partial charge on any atom is 0.0713 e. The number of benzene rings is 9. The van der Waals surface area contributed by atoms with Crippen molar-refractivity contribution in [2.45, 2.75) is 25.0 Å². The molecule has 1 aliphatic carbocycles. The average Bonchev–Trinajstić information content (AvgIpc) is 3.53. The summed E-state index contributed by atoms with van der Waals surface area (Å²) in [6.07, 6.45) is 0. The lowest BCUT2D eigenvalue weighted by Crippen LogP contribution is -2.28. The van der Waals surface area contributed by atoms with E-state index in [1.165, 1.54) is 96.8 Å². The molecule has 0 nitrogen and oxygen atoms in total. The quantitative estimate of drug-likeness (QED) is 0.167. The molecule has 0 atom stereocenters. The zero-order chi connectivity index (χ0) is 34.9. The van der Waals surface area contributed by atoms with Gasteiger partial charge >= 0.3 is 0 Å². The summed E-state index contributed by atoms with van der Waals surface area (Å²) in [7, 11) is 0. The van der Waals surface area contributed by atoms with E-state index in [1.54, 1.807) is 0 Å². The van der Waals surface area contributed by atoms with Crippen LogP contribution in [0, 0.1) is 0 Å². The predicted molar refractivity (Wildman–Crippen MR) is 224 cm³/mol. The van der Waals surface area contributed by atoms with Crippen molar-refractivity contribution in [2.24, 2.45) is 0 Å². The second kappa shape index (κ2) is 12.1. The largest absolute Gasteiger partial charge is 0.0877 e. The highest BCUT2D eigenvalue weighted by Gasteiger charge is 2.48. The predicted octanol–water partition coefficient (Wildman–Crippen LogP) is 14.3. The molecule has 11 rings (SSSR count). The number of fused-ring (bicyclic) bond motifs is 8. The minimum Gasteiger partial charge on any atom is -0.0877 e. The van der Waals surface area contributed by atoms with Crippen molar-refractivity contribution in [3.63, 3.8) is 0 Å². The van der Waals surface area contributed by atoms with E-state index in [-0.39, 0.29) is 0 Å². The fourth-order valence-corrected chi connectivity index (χ4v) is 11.5. The number of hydrogen-bond acceptors (Lipinski definition) is 2. The normalized spacial score (nSPS) is 13.7. The molecule has 1 heterocycles. The van der Waals surface area contributed by atoms with Crippen LogP contribution in [0.4, 0.5) is 0 Å². The van der Waals surface area contributed by atoms with Crippen LogP contribution in [-0.2, 0) is 5.41 Å². The SMILES string of the molecule is c1ccc(-c2c3ccccc3c(-c3ccc4c(c3)-c3c(ccc5c3Sc3ccccc3S5)C4(c3ccccc3)c3ccccc3)c3ccccc23)cc1. The summed E-state index contributed by atoms with van der Waals surface area (Å²) in [5.41, 5.74) is 12.5. The van der Waals surface area contributed by atoms with Gasteiger partial charge in [-0.05, 0) is 95.9 Å². The minimum absolute atomic E-state index is 0.468. The molecule has 53 heavy (non-hydrogen) atoms. The molecular formula is C51H32S2. The van der Waals surface area contributed by atoms with Gasteiger partial charge < -0.3 is 0 Å². The van der Waals surface area contributed by atoms with Crippen LogP contribution in [0.3, 0.4) is 0 Å². The Labute approximate surface area is 318 Å². The van der Waals surface area contributed by atoms with Gasteiger partial charge in [-0.25, -0.2) is 0 Å². The third kappa shape index (κ3) is 4.53. The second-order valence-electron chi connectivity index (χ2n) is 13.9. The van der Waals surface area contributed by atoms with Gasteiger partial charge in [0, 0.05) is 25.1 Å². The lowest BCUT2D eigenvalue weighted by molar-refractivity contribution is 0.766. The highest BCUT2D eigenvalue weighted by Crippen LogP contribution is 2.62. The van der Waals surface area contributed by atoms with Gasteiger partial charge in [0.2, 0.25) is 0 Å². The molecule has 0 radical (unpaired) electrons. The van der Waals surface area contributed by atoms with Gasteiger partial charge in [0.25, 0.3) is 0 Å². The van der Waals surface area contributed by atoms with Crippen molar-refractivity contribution in [3.05, 3.63) is 216 Å². The van der Waals surface area contributed by atoms with Crippen LogP contribution in [-0.4, -0.2) is 0 Å². The Hall–Kier alpha value is -5.80. The molecule has 248 valence electrons. The van der Waals surface area contributed by atoms with Gasteiger partial charge in [-0.15, -0.1) is 0 Å². The van der Waals surface area contributed by atoms with Gasteiger partial charge in [-0.1, -0.05) is 193 Å². The van der Waals surface area contributed by atoms with Crippen LogP contribution in [0.2, 0.25) is 0 Å². The van der Waals surface area contributed by atoms with E-state index >= 15 is 0 Å². The van der Waals surface area contributed by atoms with Crippen LogP contribution in [0.15, 0.2) is 214 Å². The van der Waals surface area contributed by atoms with Crippen LogP contribution < -0.4 is 0 Å². The van der Waals surface area contributed by atoms with E-state index in [9.17, 15) is 0 Å². The number of rotatable bonds is 4. The zero-order valence-corrected chi connectivity index (χ0v) is 30.4. The average molecular weight is 709 g/mol. The van der Waals surface area contributed by atoms with Crippen molar-refractivity contribution in [1.82, 2.24) is 0 Å². The molecule has 9 aromatic rings. The Morgan fingerprint density at radius 2 is 0.792 bits per heavy atom. The van der Waals surface area contributed by atoms with Gasteiger partial charge in [0.15, 0.2) is 0 Å². The summed E-state index contributed by atoms with van der Waals surface area (Å²) in [5, 5.41) is 5.10. The molecule has 0 saturated heterocycles. The third-order valence-electron chi connectivity index (χ3n) is 11.2. The summed E-state index contributed by atoms with van der Waals surface area (Å²) in [5.74, 6) is 0. The lowest BCUT2D eigenvalue weighted by atomic mass is 9.67. The van der Waals surface area contributed by atoms with Gasteiger partial charge in [-0.3, -0.25) is 0 Å². The van der Waals surface area contributed by atoms with Crippen LogP contribution in [0.5, 0.6) is 0 Å². The molecule has 2 aliphatic rings. The molecule has 2 heteroatoms. The molecule has 0 fully saturated rings. The molecule has 0 saturated carbocycles. The summed E-state index contributed by atoms with van der Waals surface area (Å²) in [6, 6.07) is 72.1. The highest BCUT2D eigenvalue weighted by molar-refractivity contribution is 8.05. The summed E-state index contributed by atoms with van der Waals surface area (Å²) >= 11 is 3.83. The van der Waals surface area contributed by atoms with Gasteiger partial charge in [0.1, 0.15) is 0 Å². The molecule has 0 unspecified atom stereocenters. The maximum absolute atomic E-state index is 2.52. The van der Waals surface area contributed by atoms with E-state index in [1.807, 2.05) is 23.5 Å². The molecule has 0 bridgehead atoms. The fraction of sp³-hybridized carbons (Fsp3) is 0.0196. The molecule has 1 aliphatic heterocycles. The fourth-order valence-electron chi connectivity index (χ4n) is 9.07. The molecule has 0 aromatic heterocycles. The van der Waals surface area contributed by atoms with Crippen molar-refractivity contribution in [3.8, 4) is 33.4 Å². The van der Waals surface area contributed by atoms with Gasteiger partial charge in [0.05, 0.1) is 5.41 Å². The molecule has 9 aromatic carbocycles. The van der Waals surface area contributed by atoms with Crippen molar-refractivity contribution >= 4 is 45.1 Å². The Kier molecular flexibility index (Phi) is 7.05. The first kappa shape index (κ1) is 30.8. The molecule has 0 amide bonds. The minimum atomic E-state index is -0.468. The van der Waals surface area contributed by atoms with E-state index < -0.39 is 5.41 Å². The highest BCUT2D eigenvalue weighted by atomic mass is 32.2. The lowest BCUT2D eigenvalue weighted by Gasteiger charge is -2.34. The van der Waals surface area contributed by atoms with Crippen molar-refractivity contribution in [1.29, 1.82) is 0 Å². The Bertz CT molecular complexity index is 2780. The van der Waals surface area contributed by atoms with Gasteiger partial charge in [-0.2, -0.15) is 0 Å². The monoisotopic (exact) mass is 708 g/mol. The second-order valence-corrected chi connectivity index (χ2v) is 16.1. The van der Waals surface area contributed by atoms with Crippen LogP contribution >= 0.6 is 23.5 Å². The van der Waals surface area contributed by atoms with E-state index in [2.05, 4.69) is 194 Å². The summed E-state index contributed by atoms with van der Waals surface area (Å²) in [6.45, 7) is 0. The van der Waals surface area contributed by atoms with E-state index in [4.69, 9.17) is 0 Å². The van der Waals surface area contributed by atoms with Crippen LogP contribution in [0.25, 0.3) is 54.9 Å². The van der Waals surface area contributed by atoms with E-state index in [0.717, 1.165) is 0 Å². The molecule has 0 N–H and O–H groups in total. The standard InChI is InChI=1S/C51H32S2/c1-4-16-33(17-5-1)47-37-22-10-12-24-39(37)48(40-25-13-11-23-38(40)47)34-28-29-42-41(32-34)49-43(30-31-46-50(49)53-45-27-15-14-26-44(45)52-46)51(42,35-18-6-2-7-19-35)36-20-8-3-9-21-36/h1-32H. The Morgan fingerprint density at radius 1 is 0.321 bits per heavy atom. The van der Waals surface area contributed by atoms with Crippen molar-refractivity contribution in [2.75, 3.05) is 0 Å². The Balaban J connectivity index is 1.25. The topological polar surface area (TPSA) is 0 Å². The first-order valence-electron chi connectivity index (χ1n) is 18.2. The smallest absolute Gasteiger partial charge is 0.0713 e. The first-order chi connectivity index (χ1) is 26.3. The molecule has 0 spiro atoms. The first-order valence-corrected chi connectivity index (χ1v) is 19.8. The molecular weight excluding hydrogens is 677 g/mol.